The fourth-order valence-corrected chi connectivity index (χ4v) is 2.84. The van der Waals surface area contributed by atoms with Gasteiger partial charge in [-0.15, -0.1) is 23.4 Å². The lowest BCUT2D eigenvalue weighted by Gasteiger charge is -2.13. The molecule has 0 atom stereocenters. The van der Waals surface area contributed by atoms with Gasteiger partial charge in [0.1, 0.15) is 5.75 Å². The van der Waals surface area contributed by atoms with Crippen LogP contribution in [0.15, 0.2) is 30.6 Å². The molecule has 1 aliphatic carbocycles. The molecule has 0 amide bonds. The minimum atomic E-state index is -4.83. The van der Waals surface area contributed by atoms with Crippen LogP contribution in [0, 0.1) is 0 Å². The van der Waals surface area contributed by atoms with E-state index in [9.17, 15) is 26.3 Å². The molecule has 1 saturated carbocycles. The molecule has 1 fully saturated rings. The van der Waals surface area contributed by atoms with Crippen LogP contribution in [0.2, 0.25) is 0 Å². The first-order valence-electron chi connectivity index (χ1n) is 7.80. The number of hydrogen-bond donors (Lipinski definition) is 0. The normalized spacial score (nSPS) is 15.3. The number of halogens is 6. The lowest BCUT2D eigenvalue weighted by Crippen LogP contribution is -2.17. The highest BCUT2D eigenvalue weighted by molar-refractivity contribution is 5.67. The van der Waals surface area contributed by atoms with Crippen LogP contribution in [0.1, 0.15) is 30.1 Å². The summed E-state index contributed by atoms with van der Waals surface area (Å²) in [5.74, 6) is -1.57. The van der Waals surface area contributed by atoms with Crippen LogP contribution in [0.5, 0.6) is 5.75 Å². The summed E-state index contributed by atoms with van der Waals surface area (Å²) in [5.41, 5.74) is 1.07. The van der Waals surface area contributed by atoms with Crippen LogP contribution in [-0.4, -0.2) is 25.9 Å². The first kappa shape index (κ1) is 17.6. The van der Waals surface area contributed by atoms with E-state index in [2.05, 4.69) is 19.9 Å². The molecule has 2 heterocycles. The predicted octanol–water partition coefficient (Wildman–Crippen LogP) is 4.59. The Morgan fingerprint density at radius 2 is 1.78 bits per heavy atom. The molecule has 0 spiro atoms. The Bertz CT molecular complexity index is 1010. The highest BCUT2D eigenvalue weighted by Gasteiger charge is 2.37. The molecule has 0 bridgehead atoms. The maximum Gasteiger partial charge on any atom is 0.573 e. The molecular weight excluding hydrogens is 378 g/mol. The van der Waals surface area contributed by atoms with Gasteiger partial charge in [-0.05, 0) is 42.5 Å². The van der Waals surface area contributed by atoms with Crippen molar-refractivity contribution in [1.29, 1.82) is 0 Å². The van der Waals surface area contributed by atoms with Gasteiger partial charge in [0.2, 0.25) is 5.82 Å². The number of fused-ring (bicyclic) bond motifs is 1. The molecule has 0 aliphatic heterocycles. The van der Waals surface area contributed by atoms with Crippen LogP contribution in [-0.2, 0) is 6.18 Å². The number of alkyl halides is 6. The van der Waals surface area contributed by atoms with Gasteiger partial charge in [0.25, 0.3) is 0 Å². The first-order valence-corrected chi connectivity index (χ1v) is 7.80. The van der Waals surface area contributed by atoms with Crippen molar-refractivity contribution in [1.82, 2.24) is 19.6 Å². The summed E-state index contributed by atoms with van der Waals surface area (Å²) in [6.45, 7) is 0. The third-order valence-corrected chi connectivity index (χ3v) is 4.10. The summed E-state index contributed by atoms with van der Waals surface area (Å²) in [5, 5.41) is 6.56. The molecule has 27 heavy (non-hydrogen) atoms. The Morgan fingerprint density at radius 3 is 2.41 bits per heavy atom. The minimum Gasteiger partial charge on any atom is -0.406 e. The Morgan fingerprint density at radius 1 is 1.04 bits per heavy atom. The zero-order chi connectivity index (χ0) is 19.4. The van der Waals surface area contributed by atoms with Gasteiger partial charge in [0, 0.05) is 11.8 Å². The standard InChI is InChI=1S/C16H10F6N4O/c17-15(18,19)14-25-24-13-6-23-12(7-26(13)14)10-4-3-9(27-16(20,21)22)5-11(10)8-1-2-8/h3-8H,1-2H2. The molecule has 4 rings (SSSR count). The Kier molecular flexibility index (Phi) is 3.79. The molecule has 1 aromatic carbocycles. The summed E-state index contributed by atoms with van der Waals surface area (Å²) in [4.78, 5) is 4.09. The van der Waals surface area contributed by atoms with E-state index in [1.54, 1.807) is 0 Å². The number of ether oxygens (including phenoxy) is 1. The van der Waals surface area contributed by atoms with Crippen molar-refractivity contribution < 1.29 is 31.1 Å². The van der Waals surface area contributed by atoms with E-state index in [0.29, 0.717) is 11.1 Å². The van der Waals surface area contributed by atoms with Crippen molar-refractivity contribution in [2.75, 3.05) is 0 Å². The maximum absolute atomic E-state index is 13.0. The molecule has 3 aromatic rings. The van der Waals surface area contributed by atoms with Gasteiger partial charge < -0.3 is 4.74 Å². The second kappa shape index (κ2) is 5.83. The van der Waals surface area contributed by atoms with Crippen LogP contribution in [0.4, 0.5) is 26.3 Å². The van der Waals surface area contributed by atoms with Crippen LogP contribution >= 0.6 is 0 Å². The molecule has 142 valence electrons. The molecule has 0 unspecified atom stereocenters. The summed E-state index contributed by atoms with van der Waals surface area (Å²) in [7, 11) is 0. The molecule has 0 radical (unpaired) electrons. The smallest absolute Gasteiger partial charge is 0.406 e. The molecule has 0 saturated heterocycles. The average molecular weight is 388 g/mol. The second-order valence-electron chi connectivity index (χ2n) is 6.09. The van der Waals surface area contributed by atoms with E-state index >= 15 is 0 Å². The highest BCUT2D eigenvalue weighted by atomic mass is 19.4. The summed E-state index contributed by atoms with van der Waals surface area (Å²) >= 11 is 0. The van der Waals surface area contributed by atoms with Gasteiger partial charge in [0.15, 0.2) is 5.65 Å². The van der Waals surface area contributed by atoms with Gasteiger partial charge in [-0.2, -0.15) is 13.2 Å². The van der Waals surface area contributed by atoms with E-state index in [-0.39, 0.29) is 23.0 Å². The second-order valence-corrected chi connectivity index (χ2v) is 6.09. The monoisotopic (exact) mass is 388 g/mol. The third-order valence-electron chi connectivity index (χ3n) is 4.10. The predicted molar refractivity (Wildman–Crippen MR) is 79.9 cm³/mol. The Balaban J connectivity index is 1.81. The fraction of sp³-hybridized carbons (Fsp3) is 0.312. The van der Waals surface area contributed by atoms with E-state index in [0.717, 1.165) is 35.7 Å². The molecule has 1 aliphatic rings. The Labute approximate surface area is 147 Å². The molecule has 0 N–H and O–H groups in total. The number of nitrogens with zero attached hydrogens (tertiary/aromatic N) is 4. The summed E-state index contributed by atoms with van der Waals surface area (Å²) in [6, 6.07) is 3.72. The minimum absolute atomic E-state index is 0.0114. The van der Waals surface area contributed by atoms with Crippen molar-refractivity contribution >= 4 is 5.65 Å². The van der Waals surface area contributed by atoms with Crippen molar-refractivity contribution in [3.8, 4) is 17.0 Å². The van der Waals surface area contributed by atoms with Crippen LogP contribution < -0.4 is 4.74 Å². The fourth-order valence-electron chi connectivity index (χ4n) is 2.84. The zero-order valence-corrected chi connectivity index (χ0v) is 13.3. The average Bonchev–Trinajstić information content (AvgIpc) is 3.30. The largest absolute Gasteiger partial charge is 0.573 e. The van der Waals surface area contributed by atoms with Gasteiger partial charge in [-0.25, -0.2) is 0 Å². The van der Waals surface area contributed by atoms with Crippen LogP contribution in [0.25, 0.3) is 16.9 Å². The van der Waals surface area contributed by atoms with Gasteiger partial charge in [-0.3, -0.25) is 9.38 Å². The van der Waals surface area contributed by atoms with Crippen molar-refractivity contribution in [2.24, 2.45) is 0 Å². The topological polar surface area (TPSA) is 52.3 Å². The van der Waals surface area contributed by atoms with E-state index in [4.69, 9.17) is 0 Å². The summed E-state index contributed by atoms with van der Waals surface area (Å²) < 4.78 is 81.2. The molecular formula is C16H10F6N4O. The number of benzene rings is 1. The van der Waals surface area contributed by atoms with E-state index in [1.807, 2.05) is 0 Å². The van der Waals surface area contributed by atoms with Crippen molar-refractivity contribution in [3.63, 3.8) is 0 Å². The lowest BCUT2D eigenvalue weighted by atomic mass is 10.0. The van der Waals surface area contributed by atoms with Crippen LogP contribution in [0.3, 0.4) is 0 Å². The van der Waals surface area contributed by atoms with E-state index < -0.39 is 18.4 Å². The van der Waals surface area contributed by atoms with Crippen molar-refractivity contribution in [2.45, 2.75) is 31.3 Å². The zero-order valence-electron chi connectivity index (χ0n) is 13.3. The van der Waals surface area contributed by atoms with Gasteiger partial charge in [-0.1, -0.05) is 0 Å². The van der Waals surface area contributed by atoms with E-state index in [1.165, 1.54) is 12.1 Å². The molecule has 11 heteroatoms. The molecule has 5 nitrogen and oxygen atoms in total. The van der Waals surface area contributed by atoms with Crippen molar-refractivity contribution in [3.05, 3.63) is 42.0 Å². The first-order chi connectivity index (χ1) is 12.6. The number of rotatable bonds is 3. The van der Waals surface area contributed by atoms with Gasteiger partial charge in [0.05, 0.1) is 11.9 Å². The quantitative estimate of drug-likeness (QED) is 0.616. The SMILES string of the molecule is FC(F)(F)Oc1ccc(-c2cn3c(C(F)(F)F)nnc3cn2)c(C2CC2)c1. The molecule has 2 aromatic heterocycles. The highest BCUT2D eigenvalue weighted by Crippen LogP contribution is 2.45. The summed E-state index contributed by atoms with van der Waals surface area (Å²) in [6.07, 6.45) is -5.74. The Hall–Kier alpha value is -2.85. The lowest BCUT2D eigenvalue weighted by molar-refractivity contribution is -0.274. The third kappa shape index (κ3) is 3.53. The van der Waals surface area contributed by atoms with Gasteiger partial charge >= 0.3 is 12.5 Å². The number of aromatic nitrogens is 4. The number of hydrogen-bond acceptors (Lipinski definition) is 4. The maximum atomic E-state index is 13.0.